The summed E-state index contributed by atoms with van der Waals surface area (Å²) in [4.78, 5) is 3.52. The van der Waals surface area contributed by atoms with Crippen LogP contribution in [0.25, 0.3) is 0 Å². The van der Waals surface area contributed by atoms with Gasteiger partial charge < -0.3 is 0 Å². The fraction of sp³-hybridized carbons (Fsp3) is 0.250. The standard InChI is InChI=1S/C8H5F3N2S/c1-5-2-7(14-8(9,10)11)13-4-6(5)3-12/h2,4H,1H3. The van der Waals surface area contributed by atoms with Crippen LogP contribution in [0, 0.1) is 18.3 Å². The Morgan fingerprint density at radius 1 is 1.50 bits per heavy atom. The molecule has 0 aliphatic rings. The first kappa shape index (κ1) is 10.9. The normalized spacial score (nSPS) is 11.1. The van der Waals surface area contributed by atoms with Gasteiger partial charge in [-0.05, 0) is 18.6 Å². The van der Waals surface area contributed by atoms with Gasteiger partial charge in [-0.1, -0.05) is 0 Å². The second-order valence-electron chi connectivity index (χ2n) is 2.50. The molecule has 74 valence electrons. The lowest BCUT2D eigenvalue weighted by molar-refractivity contribution is -0.0329. The van der Waals surface area contributed by atoms with Crippen LogP contribution in [0.1, 0.15) is 11.1 Å². The second kappa shape index (κ2) is 3.88. The van der Waals surface area contributed by atoms with Crippen LogP contribution in [0.4, 0.5) is 13.2 Å². The number of hydrogen-bond donors (Lipinski definition) is 0. The number of aromatic nitrogens is 1. The SMILES string of the molecule is Cc1cc(SC(F)(F)F)ncc1C#N. The number of thioether (sulfide) groups is 1. The van der Waals surface area contributed by atoms with E-state index in [9.17, 15) is 13.2 Å². The highest BCUT2D eigenvalue weighted by molar-refractivity contribution is 8.00. The van der Waals surface area contributed by atoms with Crippen molar-refractivity contribution in [2.24, 2.45) is 0 Å². The molecule has 0 unspecified atom stereocenters. The summed E-state index contributed by atoms with van der Waals surface area (Å²) in [6.45, 7) is 1.57. The molecule has 1 aromatic heterocycles. The highest BCUT2D eigenvalue weighted by Crippen LogP contribution is 2.35. The number of nitrogens with zero attached hydrogens (tertiary/aromatic N) is 2. The van der Waals surface area contributed by atoms with Gasteiger partial charge in [-0.2, -0.15) is 18.4 Å². The zero-order valence-corrected chi connectivity index (χ0v) is 7.91. The molecule has 0 saturated heterocycles. The summed E-state index contributed by atoms with van der Waals surface area (Å²) in [6.07, 6.45) is 1.14. The van der Waals surface area contributed by atoms with Gasteiger partial charge in [0, 0.05) is 18.0 Å². The summed E-state index contributed by atoms with van der Waals surface area (Å²) in [5.74, 6) is 0. The van der Waals surface area contributed by atoms with Crippen LogP contribution in [0.3, 0.4) is 0 Å². The molecule has 0 aromatic carbocycles. The second-order valence-corrected chi connectivity index (χ2v) is 3.58. The summed E-state index contributed by atoms with van der Waals surface area (Å²) >= 11 is -0.286. The van der Waals surface area contributed by atoms with E-state index < -0.39 is 5.51 Å². The topological polar surface area (TPSA) is 36.7 Å². The Bertz CT molecular complexity index is 381. The van der Waals surface area contributed by atoms with Gasteiger partial charge in [-0.3, -0.25) is 0 Å². The predicted molar refractivity (Wildman–Crippen MR) is 45.6 cm³/mol. The van der Waals surface area contributed by atoms with Crippen molar-refractivity contribution in [2.75, 3.05) is 0 Å². The molecule has 14 heavy (non-hydrogen) atoms. The lowest BCUT2D eigenvalue weighted by Crippen LogP contribution is -2.00. The lowest BCUT2D eigenvalue weighted by Gasteiger charge is -2.05. The van der Waals surface area contributed by atoms with Gasteiger partial charge in [0.2, 0.25) is 0 Å². The number of hydrogen-bond acceptors (Lipinski definition) is 3. The van der Waals surface area contributed by atoms with Crippen LogP contribution >= 0.6 is 11.8 Å². The summed E-state index contributed by atoms with van der Waals surface area (Å²) in [6, 6.07) is 3.08. The average molecular weight is 218 g/mol. The van der Waals surface area contributed by atoms with E-state index in [1.54, 1.807) is 6.92 Å². The minimum Gasteiger partial charge on any atom is -0.248 e. The van der Waals surface area contributed by atoms with Gasteiger partial charge in [0.15, 0.2) is 0 Å². The van der Waals surface area contributed by atoms with E-state index in [4.69, 9.17) is 5.26 Å². The summed E-state index contributed by atoms with van der Waals surface area (Å²) in [5.41, 5.74) is -3.56. The maximum atomic E-state index is 11.9. The van der Waals surface area contributed by atoms with E-state index in [2.05, 4.69) is 4.98 Å². The molecule has 1 aromatic rings. The van der Waals surface area contributed by atoms with Crippen LogP contribution in [0.2, 0.25) is 0 Å². The Morgan fingerprint density at radius 3 is 2.57 bits per heavy atom. The minimum absolute atomic E-state index is 0.144. The molecule has 0 fully saturated rings. The summed E-state index contributed by atoms with van der Waals surface area (Å²) in [7, 11) is 0. The van der Waals surface area contributed by atoms with E-state index in [1.165, 1.54) is 6.07 Å². The fourth-order valence-corrected chi connectivity index (χ4v) is 1.40. The summed E-state index contributed by atoms with van der Waals surface area (Å²) in [5, 5.41) is 8.38. The Morgan fingerprint density at radius 2 is 2.14 bits per heavy atom. The van der Waals surface area contributed by atoms with E-state index in [1.807, 2.05) is 6.07 Å². The first-order valence-corrected chi connectivity index (χ1v) is 4.36. The van der Waals surface area contributed by atoms with Crippen molar-refractivity contribution in [2.45, 2.75) is 17.5 Å². The van der Waals surface area contributed by atoms with E-state index >= 15 is 0 Å². The Balaban J connectivity index is 2.94. The molecule has 2 nitrogen and oxygen atoms in total. The van der Waals surface area contributed by atoms with Crippen LogP contribution in [-0.2, 0) is 0 Å². The molecule has 0 radical (unpaired) electrons. The van der Waals surface area contributed by atoms with Crippen molar-refractivity contribution in [3.05, 3.63) is 23.4 Å². The smallest absolute Gasteiger partial charge is 0.248 e. The number of halogens is 3. The van der Waals surface area contributed by atoms with Crippen LogP contribution in [0.5, 0.6) is 0 Å². The Hall–Kier alpha value is -1.22. The third-order valence-electron chi connectivity index (χ3n) is 1.43. The van der Waals surface area contributed by atoms with Crippen molar-refractivity contribution in [3.8, 4) is 6.07 Å². The maximum Gasteiger partial charge on any atom is 0.447 e. The number of rotatable bonds is 1. The van der Waals surface area contributed by atoms with E-state index in [0.29, 0.717) is 5.56 Å². The Kier molecular flexibility index (Phi) is 3.01. The number of nitriles is 1. The van der Waals surface area contributed by atoms with Crippen molar-refractivity contribution < 1.29 is 13.2 Å². The molecule has 0 aliphatic heterocycles. The molecule has 0 amide bonds. The minimum atomic E-state index is -4.34. The molecular formula is C8H5F3N2S. The molecular weight excluding hydrogens is 213 g/mol. The predicted octanol–water partition coefficient (Wildman–Crippen LogP) is 2.87. The van der Waals surface area contributed by atoms with Crippen LogP contribution in [-0.4, -0.2) is 10.5 Å². The monoisotopic (exact) mass is 218 g/mol. The van der Waals surface area contributed by atoms with Crippen molar-refractivity contribution in [3.63, 3.8) is 0 Å². The molecule has 0 N–H and O–H groups in total. The van der Waals surface area contributed by atoms with Crippen LogP contribution in [0.15, 0.2) is 17.3 Å². The number of alkyl halides is 3. The summed E-state index contributed by atoms with van der Waals surface area (Å²) < 4.78 is 35.7. The molecule has 0 spiro atoms. The molecule has 0 aliphatic carbocycles. The first-order valence-electron chi connectivity index (χ1n) is 3.55. The van der Waals surface area contributed by atoms with E-state index in [-0.39, 0.29) is 22.4 Å². The quantitative estimate of drug-likeness (QED) is 0.680. The zero-order valence-electron chi connectivity index (χ0n) is 7.09. The molecule has 0 saturated carbocycles. The number of aryl methyl sites for hydroxylation is 1. The highest BCUT2D eigenvalue weighted by Gasteiger charge is 2.30. The first-order chi connectivity index (χ1) is 6.42. The van der Waals surface area contributed by atoms with Gasteiger partial charge in [0.1, 0.15) is 11.1 Å². The van der Waals surface area contributed by atoms with Gasteiger partial charge >= 0.3 is 5.51 Å². The number of pyridine rings is 1. The largest absolute Gasteiger partial charge is 0.447 e. The van der Waals surface area contributed by atoms with E-state index in [0.717, 1.165) is 6.20 Å². The van der Waals surface area contributed by atoms with Crippen molar-refractivity contribution >= 4 is 11.8 Å². The molecule has 1 rings (SSSR count). The lowest BCUT2D eigenvalue weighted by atomic mass is 10.2. The van der Waals surface area contributed by atoms with Gasteiger partial charge in [0.25, 0.3) is 0 Å². The van der Waals surface area contributed by atoms with Crippen LogP contribution < -0.4 is 0 Å². The van der Waals surface area contributed by atoms with Gasteiger partial charge in [-0.25, -0.2) is 4.98 Å². The average Bonchev–Trinajstić information content (AvgIpc) is 2.01. The highest BCUT2D eigenvalue weighted by atomic mass is 32.2. The Labute approximate surface area is 82.8 Å². The van der Waals surface area contributed by atoms with Gasteiger partial charge in [-0.15, -0.1) is 0 Å². The molecule has 0 bridgehead atoms. The fourth-order valence-electron chi connectivity index (χ4n) is 0.822. The third kappa shape index (κ3) is 2.92. The molecule has 0 atom stereocenters. The third-order valence-corrected chi connectivity index (χ3v) is 2.09. The molecule has 6 heteroatoms. The maximum absolute atomic E-state index is 11.9. The zero-order chi connectivity index (χ0) is 10.8. The molecule has 1 heterocycles. The van der Waals surface area contributed by atoms with Crippen molar-refractivity contribution in [1.29, 1.82) is 5.26 Å². The van der Waals surface area contributed by atoms with Gasteiger partial charge in [0.05, 0.1) is 5.56 Å². The van der Waals surface area contributed by atoms with Crippen molar-refractivity contribution in [1.82, 2.24) is 4.98 Å².